The molecular weight excluding hydrogens is 479 g/mol. The third kappa shape index (κ3) is 6.37. The van der Waals surface area contributed by atoms with Crippen molar-refractivity contribution in [1.82, 2.24) is 15.5 Å². The average Bonchev–Trinajstić information content (AvgIpc) is 3.33. The number of benzene rings is 3. The summed E-state index contributed by atoms with van der Waals surface area (Å²) in [6.45, 7) is 0.481. The van der Waals surface area contributed by atoms with E-state index in [-0.39, 0.29) is 23.3 Å². The van der Waals surface area contributed by atoms with Crippen LogP contribution in [0.4, 0.5) is 10.1 Å². The van der Waals surface area contributed by atoms with E-state index in [0.717, 1.165) is 16.9 Å². The highest BCUT2D eigenvalue weighted by Crippen LogP contribution is 2.18. The number of carbonyl (C=O) groups excluding carboxylic acids is 2. The molecule has 1 heterocycles. The van der Waals surface area contributed by atoms with Gasteiger partial charge in [-0.05, 0) is 66.2 Å². The SMILES string of the molecule is O=C(NCc1ccc(Cl)cc1)c1ccc(NC(=O)c2nnc(COc3ccc(F)cc3)s2)cc1. The minimum Gasteiger partial charge on any atom is -0.486 e. The van der Waals surface area contributed by atoms with Crippen LogP contribution in [0.1, 0.15) is 30.7 Å². The fourth-order valence-corrected chi connectivity index (χ4v) is 3.63. The van der Waals surface area contributed by atoms with Gasteiger partial charge in [0.15, 0.2) is 5.01 Å². The molecular formula is C24H18ClFN4O3S. The van der Waals surface area contributed by atoms with Gasteiger partial charge in [0.2, 0.25) is 5.01 Å². The van der Waals surface area contributed by atoms with Gasteiger partial charge in [0, 0.05) is 22.8 Å². The summed E-state index contributed by atoms with van der Waals surface area (Å²) in [5, 5.41) is 14.7. The highest BCUT2D eigenvalue weighted by Gasteiger charge is 2.14. The second-order valence-electron chi connectivity index (χ2n) is 7.08. The lowest BCUT2D eigenvalue weighted by Gasteiger charge is -2.07. The molecule has 2 amide bonds. The Morgan fingerprint density at radius 3 is 2.32 bits per heavy atom. The molecule has 2 N–H and O–H groups in total. The van der Waals surface area contributed by atoms with Crippen molar-refractivity contribution < 1.29 is 18.7 Å². The smallest absolute Gasteiger partial charge is 0.286 e. The summed E-state index contributed by atoms with van der Waals surface area (Å²) in [5.74, 6) is -0.526. The number of carbonyl (C=O) groups is 2. The van der Waals surface area contributed by atoms with Crippen LogP contribution in [0.5, 0.6) is 5.75 Å². The molecule has 0 unspecified atom stereocenters. The number of nitrogens with zero attached hydrogens (tertiary/aromatic N) is 2. The van der Waals surface area contributed by atoms with Crippen LogP contribution >= 0.6 is 22.9 Å². The zero-order valence-electron chi connectivity index (χ0n) is 17.6. The number of aromatic nitrogens is 2. The number of hydrogen-bond acceptors (Lipinski definition) is 6. The van der Waals surface area contributed by atoms with Crippen LogP contribution in [-0.4, -0.2) is 22.0 Å². The summed E-state index contributed by atoms with van der Waals surface area (Å²) in [4.78, 5) is 24.8. The zero-order chi connectivity index (χ0) is 23.9. The molecule has 0 aliphatic rings. The van der Waals surface area contributed by atoms with Crippen LogP contribution in [-0.2, 0) is 13.2 Å². The van der Waals surface area contributed by atoms with Crippen LogP contribution in [0.3, 0.4) is 0 Å². The Morgan fingerprint density at radius 2 is 1.62 bits per heavy atom. The molecule has 4 aromatic rings. The first-order chi connectivity index (χ1) is 16.5. The minimum absolute atomic E-state index is 0.108. The Balaban J connectivity index is 1.28. The predicted octanol–water partition coefficient (Wildman–Crippen LogP) is 5.09. The van der Waals surface area contributed by atoms with Crippen molar-refractivity contribution in [1.29, 1.82) is 0 Å². The van der Waals surface area contributed by atoms with Crippen LogP contribution in [0.2, 0.25) is 5.02 Å². The van der Waals surface area contributed by atoms with Crippen LogP contribution in [0.25, 0.3) is 0 Å². The average molecular weight is 497 g/mol. The number of amides is 2. The highest BCUT2D eigenvalue weighted by atomic mass is 35.5. The monoisotopic (exact) mass is 496 g/mol. The molecule has 0 spiro atoms. The molecule has 0 fully saturated rings. The molecule has 0 saturated carbocycles. The molecule has 3 aromatic carbocycles. The van der Waals surface area contributed by atoms with Gasteiger partial charge in [0.1, 0.15) is 18.2 Å². The van der Waals surface area contributed by atoms with Crippen molar-refractivity contribution in [2.24, 2.45) is 0 Å². The molecule has 1 aromatic heterocycles. The minimum atomic E-state index is -0.425. The van der Waals surface area contributed by atoms with Crippen molar-refractivity contribution in [2.45, 2.75) is 13.2 Å². The summed E-state index contributed by atoms with van der Waals surface area (Å²) in [6, 6.07) is 19.3. The Morgan fingerprint density at radius 1 is 0.912 bits per heavy atom. The van der Waals surface area contributed by atoms with Gasteiger partial charge in [0.25, 0.3) is 11.8 Å². The van der Waals surface area contributed by atoms with Crippen molar-refractivity contribution >= 4 is 40.4 Å². The maximum absolute atomic E-state index is 12.9. The second kappa shape index (κ2) is 10.9. The summed E-state index contributed by atoms with van der Waals surface area (Å²) in [5.41, 5.74) is 1.91. The van der Waals surface area contributed by atoms with Gasteiger partial charge in [0.05, 0.1) is 0 Å². The lowest BCUT2D eigenvalue weighted by atomic mass is 10.1. The lowest BCUT2D eigenvalue weighted by molar-refractivity contribution is 0.0950. The van der Waals surface area contributed by atoms with Crippen molar-refractivity contribution in [3.8, 4) is 5.75 Å². The van der Waals surface area contributed by atoms with E-state index in [0.29, 0.717) is 33.6 Å². The van der Waals surface area contributed by atoms with Gasteiger partial charge in [-0.1, -0.05) is 35.1 Å². The molecule has 34 heavy (non-hydrogen) atoms. The van der Waals surface area contributed by atoms with E-state index >= 15 is 0 Å². The summed E-state index contributed by atoms with van der Waals surface area (Å²) in [6.07, 6.45) is 0. The number of rotatable bonds is 8. The number of hydrogen-bond donors (Lipinski definition) is 2. The van der Waals surface area contributed by atoms with E-state index < -0.39 is 5.91 Å². The molecule has 0 atom stereocenters. The molecule has 10 heteroatoms. The summed E-state index contributed by atoms with van der Waals surface area (Å²) in [7, 11) is 0. The van der Waals surface area contributed by atoms with Gasteiger partial charge in [-0.3, -0.25) is 9.59 Å². The molecule has 0 saturated heterocycles. The van der Waals surface area contributed by atoms with Crippen molar-refractivity contribution in [3.05, 3.63) is 105 Å². The molecule has 4 rings (SSSR count). The van der Waals surface area contributed by atoms with Crippen molar-refractivity contribution in [3.63, 3.8) is 0 Å². The maximum atomic E-state index is 12.9. The van der Waals surface area contributed by atoms with Crippen LogP contribution in [0, 0.1) is 5.82 Å². The van der Waals surface area contributed by atoms with Gasteiger partial charge in [-0.25, -0.2) is 4.39 Å². The fourth-order valence-electron chi connectivity index (χ4n) is 2.86. The van der Waals surface area contributed by atoms with Gasteiger partial charge < -0.3 is 15.4 Å². The van der Waals surface area contributed by atoms with Crippen LogP contribution < -0.4 is 15.4 Å². The Kier molecular flexibility index (Phi) is 7.46. The molecule has 0 radical (unpaired) electrons. The second-order valence-corrected chi connectivity index (χ2v) is 8.58. The number of halogens is 2. The van der Waals surface area contributed by atoms with E-state index in [2.05, 4.69) is 20.8 Å². The standard InChI is InChI=1S/C24H18ClFN4O3S/c25-17-5-1-15(2-6-17)13-27-22(31)16-3-9-19(10-4-16)28-23(32)24-30-29-21(34-24)14-33-20-11-7-18(26)8-12-20/h1-12H,13-14H2,(H,27,31)(H,28,32). The third-order valence-corrected chi connectivity index (χ3v) is 5.76. The maximum Gasteiger partial charge on any atom is 0.286 e. The first-order valence-corrected chi connectivity index (χ1v) is 11.3. The van der Waals surface area contributed by atoms with E-state index in [4.69, 9.17) is 16.3 Å². The van der Waals surface area contributed by atoms with Crippen LogP contribution in [0.15, 0.2) is 72.8 Å². The predicted molar refractivity (Wildman–Crippen MR) is 128 cm³/mol. The summed E-state index contributed by atoms with van der Waals surface area (Å²) < 4.78 is 18.5. The Labute approximate surface area is 203 Å². The Bertz CT molecular complexity index is 1280. The largest absolute Gasteiger partial charge is 0.486 e. The number of nitrogens with one attached hydrogen (secondary N) is 2. The normalized spacial score (nSPS) is 10.5. The Hall–Kier alpha value is -3.82. The lowest BCUT2D eigenvalue weighted by Crippen LogP contribution is -2.22. The highest BCUT2D eigenvalue weighted by molar-refractivity contribution is 7.13. The van der Waals surface area contributed by atoms with E-state index in [1.165, 1.54) is 24.3 Å². The van der Waals surface area contributed by atoms with Crippen molar-refractivity contribution in [2.75, 3.05) is 5.32 Å². The third-order valence-electron chi connectivity index (χ3n) is 4.61. The molecule has 172 valence electrons. The topological polar surface area (TPSA) is 93.2 Å². The van der Waals surface area contributed by atoms with E-state index in [9.17, 15) is 14.0 Å². The molecule has 0 aliphatic heterocycles. The number of ether oxygens (including phenoxy) is 1. The first-order valence-electron chi connectivity index (χ1n) is 10.1. The first kappa shape index (κ1) is 23.3. The molecule has 0 aliphatic carbocycles. The number of anilines is 1. The summed E-state index contributed by atoms with van der Waals surface area (Å²) >= 11 is 6.95. The van der Waals surface area contributed by atoms with Gasteiger partial charge in [-0.2, -0.15) is 0 Å². The fraction of sp³-hybridized carbons (Fsp3) is 0.0833. The molecule has 0 bridgehead atoms. The van der Waals surface area contributed by atoms with Gasteiger partial charge >= 0.3 is 0 Å². The van der Waals surface area contributed by atoms with E-state index in [1.54, 1.807) is 36.4 Å². The zero-order valence-corrected chi connectivity index (χ0v) is 19.2. The van der Waals surface area contributed by atoms with Gasteiger partial charge in [-0.15, -0.1) is 10.2 Å². The molecule has 7 nitrogen and oxygen atoms in total. The van der Waals surface area contributed by atoms with E-state index in [1.807, 2.05) is 12.1 Å². The quantitative estimate of drug-likeness (QED) is 0.354.